The first kappa shape index (κ1) is 14.3. The molecule has 1 aliphatic carbocycles. The molecule has 0 amide bonds. The number of nitrogens with zero attached hydrogens (tertiary/aromatic N) is 2. The van der Waals surface area contributed by atoms with Crippen molar-refractivity contribution in [1.82, 2.24) is 10.3 Å². The van der Waals surface area contributed by atoms with Crippen molar-refractivity contribution in [3.8, 4) is 0 Å². The number of hydrogen-bond acceptors (Lipinski definition) is 3. The zero-order valence-corrected chi connectivity index (χ0v) is 12.5. The Balaban J connectivity index is 2.05. The van der Waals surface area contributed by atoms with E-state index in [9.17, 15) is 0 Å². The van der Waals surface area contributed by atoms with Gasteiger partial charge in [-0.1, -0.05) is 26.8 Å². The Morgan fingerprint density at radius 3 is 2.84 bits per heavy atom. The quantitative estimate of drug-likeness (QED) is 0.779. The molecule has 0 radical (unpaired) electrons. The van der Waals surface area contributed by atoms with Crippen LogP contribution in [0.5, 0.6) is 0 Å². The van der Waals surface area contributed by atoms with Crippen LogP contribution in [0, 0.1) is 5.92 Å². The maximum absolute atomic E-state index is 4.64. The van der Waals surface area contributed by atoms with E-state index in [0.717, 1.165) is 25.7 Å². The molecule has 1 heterocycles. The Kier molecular flexibility index (Phi) is 5.20. The summed E-state index contributed by atoms with van der Waals surface area (Å²) in [4.78, 5) is 7.15. The zero-order valence-electron chi connectivity index (χ0n) is 12.5. The lowest BCUT2D eigenvalue weighted by Gasteiger charge is -2.25. The topological polar surface area (TPSA) is 28.2 Å². The van der Waals surface area contributed by atoms with Crippen LogP contribution in [0.1, 0.15) is 45.6 Å². The van der Waals surface area contributed by atoms with Gasteiger partial charge in [-0.25, -0.2) is 4.98 Å². The van der Waals surface area contributed by atoms with Gasteiger partial charge in [0.1, 0.15) is 5.82 Å². The summed E-state index contributed by atoms with van der Waals surface area (Å²) in [7, 11) is 0. The van der Waals surface area contributed by atoms with Crippen LogP contribution >= 0.6 is 0 Å². The molecule has 106 valence electrons. The van der Waals surface area contributed by atoms with Crippen LogP contribution in [0.2, 0.25) is 0 Å². The van der Waals surface area contributed by atoms with Gasteiger partial charge in [0, 0.05) is 30.9 Å². The molecule has 1 aromatic rings. The summed E-state index contributed by atoms with van der Waals surface area (Å²) in [6, 6.07) is 4.99. The van der Waals surface area contributed by atoms with Crippen LogP contribution in [-0.4, -0.2) is 24.1 Å². The van der Waals surface area contributed by atoms with Crippen molar-refractivity contribution in [2.75, 3.05) is 18.0 Å². The molecule has 1 saturated carbocycles. The number of rotatable bonds is 8. The van der Waals surface area contributed by atoms with Crippen LogP contribution in [0.25, 0.3) is 0 Å². The first-order chi connectivity index (χ1) is 9.22. The van der Waals surface area contributed by atoms with E-state index in [4.69, 9.17) is 0 Å². The SMILES string of the molecule is CCCN(c1ncccc1CNCC(C)C)C1CC1. The van der Waals surface area contributed by atoms with Crippen LogP contribution < -0.4 is 10.2 Å². The van der Waals surface area contributed by atoms with Gasteiger partial charge >= 0.3 is 0 Å². The summed E-state index contributed by atoms with van der Waals surface area (Å²) in [5.74, 6) is 1.89. The summed E-state index contributed by atoms with van der Waals surface area (Å²) in [5, 5.41) is 3.53. The van der Waals surface area contributed by atoms with Gasteiger partial charge in [-0.3, -0.25) is 0 Å². The first-order valence-corrected chi connectivity index (χ1v) is 7.63. The molecule has 1 N–H and O–H groups in total. The Labute approximate surface area is 117 Å². The molecule has 0 aliphatic heterocycles. The third-order valence-electron chi connectivity index (χ3n) is 3.46. The van der Waals surface area contributed by atoms with Gasteiger partial charge in [-0.2, -0.15) is 0 Å². The van der Waals surface area contributed by atoms with Crippen molar-refractivity contribution in [3.05, 3.63) is 23.9 Å². The largest absolute Gasteiger partial charge is 0.353 e. The summed E-state index contributed by atoms with van der Waals surface area (Å²) < 4.78 is 0. The monoisotopic (exact) mass is 261 g/mol. The van der Waals surface area contributed by atoms with Gasteiger partial charge in [0.2, 0.25) is 0 Å². The van der Waals surface area contributed by atoms with Crippen LogP contribution in [-0.2, 0) is 6.54 Å². The van der Waals surface area contributed by atoms with E-state index in [1.807, 2.05) is 12.3 Å². The molecule has 1 aromatic heterocycles. The van der Waals surface area contributed by atoms with Crippen LogP contribution in [0.15, 0.2) is 18.3 Å². The number of nitrogens with one attached hydrogen (secondary N) is 1. The number of pyridine rings is 1. The number of anilines is 1. The van der Waals surface area contributed by atoms with Gasteiger partial charge in [-0.05, 0) is 37.8 Å². The maximum Gasteiger partial charge on any atom is 0.133 e. The van der Waals surface area contributed by atoms with Crippen molar-refractivity contribution in [1.29, 1.82) is 0 Å². The van der Waals surface area contributed by atoms with Crippen molar-refractivity contribution in [3.63, 3.8) is 0 Å². The van der Waals surface area contributed by atoms with E-state index >= 15 is 0 Å². The van der Waals surface area contributed by atoms with Gasteiger partial charge in [-0.15, -0.1) is 0 Å². The molecule has 19 heavy (non-hydrogen) atoms. The predicted octanol–water partition coefficient (Wildman–Crippen LogP) is 3.21. The maximum atomic E-state index is 4.64. The summed E-state index contributed by atoms with van der Waals surface area (Å²) in [5.41, 5.74) is 1.34. The Morgan fingerprint density at radius 2 is 2.21 bits per heavy atom. The fourth-order valence-corrected chi connectivity index (χ4v) is 2.41. The fraction of sp³-hybridized carbons (Fsp3) is 0.688. The second-order valence-electron chi connectivity index (χ2n) is 5.94. The fourth-order valence-electron chi connectivity index (χ4n) is 2.41. The molecule has 0 saturated heterocycles. The summed E-state index contributed by atoms with van der Waals surface area (Å²) in [6.07, 6.45) is 5.77. The molecule has 2 rings (SSSR count). The Morgan fingerprint density at radius 1 is 1.42 bits per heavy atom. The second kappa shape index (κ2) is 6.90. The van der Waals surface area contributed by atoms with Crippen molar-refractivity contribution >= 4 is 5.82 Å². The van der Waals surface area contributed by atoms with E-state index in [1.54, 1.807) is 0 Å². The number of aromatic nitrogens is 1. The lowest BCUT2D eigenvalue weighted by atomic mass is 10.2. The molecule has 0 bridgehead atoms. The van der Waals surface area contributed by atoms with Crippen LogP contribution in [0.4, 0.5) is 5.82 Å². The molecule has 0 unspecified atom stereocenters. The minimum Gasteiger partial charge on any atom is -0.353 e. The van der Waals surface area contributed by atoms with E-state index in [2.05, 4.69) is 42.0 Å². The standard InChI is InChI=1S/C16H27N3/c1-4-10-19(15-7-8-15)16-14(6-5-9-18-16)12-17-11-13(2)3/h5-6,9,13,15,17H,4,7-8,10-12H2,1-3H3. The summed E-state index contributed by atoms with van der Waals surface area (Å²) >= 11 is 0. The zero-order chi connectivity index (χ0) is 13.7. The van der Waals surface area contributed by atoms with Gasteiger partial charge in [0.05, 0.1) is 0 Å². The minimum absolute atomic E-state index is 0.690. The molecular formula is C16H27N3. The van der Waals surface area contributed by atoms with E-state index in [-0.39, 0.29) is 0 Å². The molecule has 0 aromatic carbocycles. The highest BCUT2D eigenvalue weighted by Gasteiger charge is 2.30. The van der Waals surface area contributed by atoms with E-state index in [1.165, 1.54) is 30.6 Å². The third kappa shape index (κ3) is 4.20. The predicted molar refractivity (Wildman–Crippen MR) is 81.4 cm³/mol. The highest BCUT2D eigenvalue weighted by molar-refractivity contribution is 5.48. The smallest absolute Gasteiger partial charge is 0.133 e. The summed E-state index contributed by atoms with van der Waals surface area (Å²) in [6.45, 7) is 9.84. The van der Waals surface area contributed by atoms with Gasteiger partial charge in [0.25, 0.3) is 0 Å². The highest BCUT2D eigenvalue weighted by atomic mass is 15.2. The Bertz CT molecular complexity index is 385. The molecule has 0 spiro atoms. The highest BCUT2D eigenvalue weighted by Crippen LogP contribution is 2.32. The molecule has 3 heteroatoms. The van der Waals surface area contributed by atoms with E-state index < -0.39 is 0 Å². The average molecular weight is 261 g/mol. The molecule has 3 nitrogen and oxygen atoms in total. The van der Waals surface area contributed by atoms with Crippen molar-refractivity contribution in [2.24, 2.45) is 5.92 Å². The molecule has 1 aliphatic rings. The molecule has 0 atom stereocenters. The average Bonchev–Trinajstić information content (AvgIpc) is 3.21. The van der Waals surface area contributed by atoms with Crippen LogP contribution in [0.3, 0.4) is 0 Å². The van der Waals surface area contributed by atoms with Gasteiger partial charge in [0.15, 0.2) is 0 Å². The minimum atomic E-state index is 0.690. The van der Waals surface area contributed by atoms with Crippen molar-refractivity contribution < 1.29 is 0 Å². The lowest BCUT2D eigenvalue weighted by molar-refractivity contribution is 0.551. The van der Waals surface area contributed by atoms with Crippen molar-refractivity contribution in [2.45, 2.75) is 52.6 Å². The normalized spacial score (nSPS) is 14.9. The first-order valence-electron chi connectivity index (χ1n) is 7.63. The Hall–Kier alpha value is -1.09. The number of hydrogen-bond donors (Lipinski definition) is 1. The van der Waals surface area contributed by atoms with E-state index in [0.29, 0.717) is 5.92 Å². The molecular weight excluding hydrogens is 234 g/mol. The molecule has 1 fully saturated rings. The second-order valence-corrected chi connectivity index (χ2v) is 5.94. The van der Waals surface area contributed by atoms with Gasteiger partial charge < -0.3 is 10.2 Å². The lowest BCUT2D eigenvalue weighted by Crippen LogP contribution is -2.29. The third-order valence-corrected chi connectivity index (χ3v) is 3.46.